The number of primary amides is 1. The van der Waals surface area contributed by atoms with Gasteiger partial charge in [0.1, 0.15) is 17.7 Å². The predicted octanol–water partition coefficient (Wildman–Crippen LogP) is 0.551. The molecule has 0 spiro atoms. The Morgan fingerprint density at radius 3 is 2.55 bits per heavy atom. The SMILES string of the molecule is C[N+](C)(CI)CCOC(N)=O. The number of rotatable bonds is 4. The van der Waals surface area contributed by atoms with Crippen LogP contribution >= 0.6 is 22.6 Å². The highest BCUT2D eigenvalue weighted by atomic mass is 127. The first-order valence-corrected chi connectivity index (χ1v) is 4.81. The standard InChI is InChI=1S/C6H13IN2O2/c1-9(2,5-7)3-4-11-6(8)10/h3-5H2,1-2H3,(H-,8,10)/p+1. The summed E-state index contributed by atoms with van der Waals surface area (Å²) in [4.78, 5) is 10.2. The number of nitrogens with two attached hydrogens (primary N) is 1. The zero-order valence-corrected chi connectivity index (χ0v) is 9.00. The van der Waals surface area contributed by atoms with E-state index in [1.54, 1.807) is 0 Å². The van der Waals surface area contributed by atoms with Crippen molar-refractivity contribution in [3.05, 3.63) is 0 Å². The highest BCUT2D eigenvalue weighted by Crippen LogP contribution is 2.00. The molecular weight excluding hydrogens is 259 g/mol. The molecule has 11 heavy (non-hydrogen) atoms. The van der Waals surface area contributed by atoms with E-state index in [4.69, 9.17) is 5.73 Å². The Morgan fingerprint density at radius 1 is 1.64 bits per heavy atom. The van der Waals surface area contributed by atoms with Crippen LogP contribution in [0.4, 0.5) is 4.79 Å². The smallest absolute Gasteiger partial charge is 0.404 e. The van der Waals surface area contributed by atoms with Crippen LogP contribution in [0, 0.1) is 0 Å². The fraction of sp³-hybridized carbons (Fsp3) is 0.833. The molecule has 0 radical (unpaired) electrons. The van der Waals surface area contributed by atoms with E-state index in [0.717, 1.165) is 15.6 Å². The molecule has 0 aromatic rings. The van der Waals surface area contributed by atoms with Gasteiger partial charge >= 0.3 is 6.09 Å². The number of hydrogen-bond donors (Lipinski definition) is 1. The first kappa shape index (κ1) is 11.0. The van der Waals surface area contributed by atoms with Gasteiger partial charge < -0.3 is 15.0 Å². The molecule has 5 heteroatoms. The maximum absolute atomic E-state index is 10.2. The fourth-order valence-corrected chi connectivity index (χ4v) is 0.794. The second-order valence-electron chi connectivity index (χ2n) is 2.95. The van der Waals surface area contributed by atoms with E-state index < -0.39 is 6.09 Å². The number of likely N-dealkylation sites (N-methyl/N-ethyl adjacent to an activating group) is 1. The topological polar surface area (TPSA) is 52.3 Å². The molecule has 0 aliphatic carbocycles. The van der Waals surface area contributed by atoms with Gasteiger partial charge in [-0.25, -0.2) is 4.79 Å². The van der Waals surface area contributed by atoms with Gasteiger partial charge in [-0.05, 0) is 22.6 Å². The molecule has 66 valence electrons. The number of ether oxygens (including phenoxy) is 1. The van der Waals surface area contributed by atoms with Gasteiger partial charge in [0, 0.05) is 0 Å². The van der Waals surface area contributed by atoms with Crippen molar-refractivity contribution >= 4 is 28.7 Å². The van der Waals surface area contributed by atoms with Crippen molar-refractivity contribution in [2.45, 2.75) is 0 Å². The molecule has 0 atom stereocenters. The van der Waals surface area contributed by atoms with Crippen molar-refractivity contribution in [2.24, 2.45) is 5.73 Å². The van der Waals surface area contributed by atoms with Crippen LogP contribution < -0.4 is 5.73 Å². The van der Waals surface area contributed by atoms with E-state index in [0.29, 0.717) is 6.61 Å². The van der Waals surface area contributed by atoms with Crippen LogP contribution in [0.2, 0.25) is 0 Å². The van der Waals surface area contributed by atoms with Gasteiger partial charge in [0.2, 0.25) is 0 Å². The van der Waals surface area contributed by atoms with Gasteiger partial charge in [-0.15, -0.1) is 0 Å². The Hall–Kier alpha value is -0.0400. The molecule has 0 bridgehead atoms. The summed E-state index contributed by atoms with van der Waals surface area (Å²) < 4.78 is 6.41. The number of halogens is 1. The number of alkyl halides is 1. The average molecular weight is 273 g/mol. The van der Waals surface area contributed by atoms with Gasteiger partial charge in [0.25, 0.3) is 0 Å². The van der Waals surface area contributed by atoms with Crippen LogP contribution in [-0.4, -0.2) is 42.4 Å². The third-order valence-corrected chi connectivity index (χ3v) is 3.11. The summed E-state index contributed by atoms with van der Waals surface area (Å²) in [6.07, 6.45) is -0.696. The number of carbonyl (C=O) groups excluding carboxylic acids is 1. The van der Waals surface area contributed by atoms with Gasteiger partial charge in [-0.1, -0.05) is 0 Å². The summed E-state index contributed by atoms with van der Waals surface area (Å²) in [6.45, 7) is 1.19. The Balaban J connectivity index is 3.45. The molecule has 0 saturated carbocycles. The monoisotopic (exact) mass is 273 g/mol. The van der Waals surface area contributed by atoms with Gasteiger partial charge in [-0.3, -0.25) is 0 Å². The summed E-state index contributed by atoms with van der Waals surface area (Å²) in [7, 11) is 4.13. The van der Waals surface area contributed by atoms with Crippen molar-refractivity contribution < 1.29 is 14.0 Å². The Labute approximate surface area is 80.4 Å². The van der Waals surface area contributed by atoms with Crippen molar-refractivity contribution in [3.8, 4) is 0 Å². The van der Waals surface area contributed by atoms with Gasteiger partial charge in [0.15, 0.2) is 0 Å². The normalized spacial score (nSPS) is 11.2. The van der Waals surface area contributed by atoms with Gasteiger partial charge in [-0.2, -0.15) is 0 Å². The summed E-state index contributed by atoms with van der Waals surface area (Å²) >= 11 is 2.29. The summed E-state index contributed by atoms with van der Waals surface area (Å²) in [5.74, 6) is 0. The summed E-state index contributed by atoms with van der Waals surface area (Å²) in [5.41, 5.74) is 4.79. The lowest BCUT2D eigenvalue weighted by atomic mass is 10.5. The molecule has 0 aromatic carbocycles. The number of quaternary nitrogens is 1. The molecule has 0 rings (SSSR count). The molecule has 2 N–H and O–H groups in total. The molecule has 0 saturated heterocycles. The van der Waals surface area contributed by atoms with Crippen molar-refractivity contribution in [2.75, 3.05) is 31.8 Å². The summed E-state index contributed by atoms with van der Waals surface area (Å²) in [5, 5.41) is 0. The lowest BCUT2D eigenvalue weighted by Gasteiger charge is -2.26. The zero-order chi connectivity index (χ0) is 8.91. The van der Waals surface area contributed by atoms with E-state index in [1.807, 2.05) is 0 Å². The minimum Gasteiger partial charge on any atom is -0.444 e. The zero-order valence-electron chi connectivity index (χ0n) is 6.84. The van der Waals surface area contributed by atoms with Crippen molar-refractivity contribution in [1.82, 2.24) is 0 Å². The quantitative estimate of drug-likeness (QED) is 0.352. The van der Waals surface area contributed by atoms with Gasteiger partial charge in [0.05, 0.1) is 14.1 Å². The number of amides is 1. The molecule has 0 aliphatic heterocycles. The Kier molecular flexibility index (Phi) is 4.74. The van der Waals surface area contributed by atoms with E-state index in [2.05, 4.69) is 41.4 Å². The largest absolute Gasteiger partial charge is 0.444 e. The number of nitrogens with zero attached hydrogens (tertiary/aromatic N) is 1. The predicted molar refractivity (Wildman–Crippen MR) is 51.4 cm³/mol. The highest BCUT2D eigenvalue weighted by molar-refractivity contribution is 14.1. The Morgan fingerprint density at radius 2 is 2.18 bits per heavy atom. The molecule has 0 aromatic heterocycles. The van der Waals surface area contributed by atoms with Crippen molar-refractivity contribution in [3.63, 3.8) is 0 Å². The van der Waals surface area contributed by atoms with E-state index in [1.165, 1.54) is 0 Å². The molecule has 0 aliphatic rings. The molecule has 0 heterocycles. The highest BCUT2D eigenvalue weighted by Gasteiger charge is 2.12. The van der Waals surface area contributed by atoms with E-state index in [-0.39, 0.29) is 0 Å². The Bertz CT molecular complexity index is 139. The van der Waals surface area contributed by atoms with E-state index in [9.17, 15) is 4.79 Å². The minimum atomic E-state index is -0.696. The lowest BCUT2D eigenvalue weighted by Crippen LogP contribution is -2.41. The van der Waals surface area contributed by atoms with Crippen molar-refractivity contribution in [1.29, 1.82) is 0 Å². The fourth-order valence-electron chi connectivity index (χ4n) is 0.453. The second-order valence-corrected chi connectivity index (χ2v) is 3.63. The van der Waals surface area contributed by atoms with Crippen LogP contribution in [0.5, 0.6) is 0 Å². The number of carbonyl (C=O) groups is 1. The lowest BCUT2D eigenvalue weighted by molar-refractivity contribution is -0.874. The molecular formula is C6H14IN2O2+. The van der Waals surface area contributed by atoms with Crippen LogP contribution in [0.1, 0.15) is 0 Å². The third kappa shape index (κ3) is 6.36. The van der Waals surface area contributed by atoms with Crippen LogP contribution in [-0.2, 0) is 4.74 Å². The van der Waals surface area contributed by atoms with E-state index >= 15 is 0 Å². The summed E-state index contributed by atoms with van der Waals surface area (Å²) in [6, 6.07) is 0. The molecule has 0 fully saturated rings. The maximum atomic E-state index is 10.2. The van der Waals surface area contributed by atoms with Crippen LogP contribution in [0.15, 0.2) is 0 Å². The second kappa shape index (κ2) is 4.76. The first-order chi connectivity index (χ1) is 4.98. The minimum absolute atomic E-state index is 0.394. The number of hydrogen-bond acceptors (Lipinski definition) is 2. The third-order valence-electron chi connectivity index (χ3n) is 1.26. The maximum Gasteiger partial charge on any atom is 0.404 e. The average Bonchev–Trinajstić information content (AvgIpc) is 1.87. The first-order valence-electron chi connectivity index (χ1n) is 3.28. The van der Waals surface area contributed by atoms with Crippen LogP contribution in [0.3, 0.4) is 0 Å². The van der Waals surface area contributed by atoms with Crippen LogP contribution in [0.25, 0.3) is 0 Å². The molecule has 1 amide bonds. The molecule has 0 unspecified atom stereocenters. The molecule has 4 nitrogen and oxygen atoms in total.